The first-order valence-electron chi connectivity index (χ1n) is 5.38. The topological polar surface area (TPSA) is 12.0 Å². The number of thioether (sulfide) groups is 1. The van der Waals surface area contributed by atoms with Gasteiger partial charge in [-0.05, 0) is 42.0 Å². The third-order valence-electron chi connectivity index (χ3n) is 2.73. The minimum absolute atomic E-state index is 0.859. The van der Waals surface area contributed by atoms with Gasteiger partial charge in [0.1, 0.15) is 0 Å². The number of rotatable bonds is 4. The second kappa shape index (κ2) is 5.78. The van der Waals surface area contributed by atoms with Gasteiger partial charge in [0, 0.05) is 11.6 Å². The number of hydrogen-bond acceptors (Lipinski definition) is 2. The molecule has 1 aromatic carbocycles. The first-order chi connectivity index (χ1) is 7.36. The van der Waals surface area contributed by atoms with Gasteiger partial charge in [-0.15, -0.1) is 0 Å². The molecule has 2 rings (SSSR count). The van der Waals surface area contributed by atoms with E-state index in [1.54, 1.807) is 0 Å². The van der Waals surface area contributed by atoms with Crippen LogP contribution in [0.4, 0.5) is 0 Å². The molecule has 1 heterocycles. The van der Waals surface area contributed by atoms with Crippen LogP contribution >= 0.6 is 23.4 Å². The summed E-state index contributed by atoms with van der Waals surface area (Å²) < 4.78 is 0. The van der Waals surface area contributed by atoms with Crippen LogP contribution in [-0.2, 0) is 6.54 Å². The van der Waals surface area contributed by atoms with E-state index in [1.807, 2.05) is 18.2 Å². The highest BCUT2D eigenvalue weighted by atomic mass is 35.5. The van der Waals surface area contributed by atoms with Crippen LogP contribution in [0, 0.1) is 5.92 Å². The Morgan fingerprint density at radius 2 is 2.27 bits per heavy atom. The molecule has 1 fully saturated rings. The normalized spacial score (nSPS) is 20.7. The molecule has 0 aliphatic carbocycles. The summed E-state index contributed by atoms with van der Waals surface area (Å²) in [7, 11) is 0. The van der Waals surface area contributed by atoms with Crippen molar-refractivity contribution in [3.05, 3.63) is 34.9 Å². The van der Waals surface area contributed by atoms with E-state index >= 15 is 0 Å². The maximum atomic E-state index is 6.08. The summed E-state index contributed by atoms with van der Waals surface area (Å²) in [5.41, 5.74) is 1.20. The van der Waals surface area contributed by atoms with Crippen LogP contribution in [0.1, 0.15) is 12.0 Å². The van der Waals surface area contributed by atoms with Crippen molar-refractivity contribution in [3.8, 4) is 0 Å². The Hall–Kier alpha value is -0.180. The molecule has 1 unspecified atom stereocenters. The molecule has 1 aromatic rings. The maximum Gasteiger partial charge on any atom is 0.0450 e. The number of benzene rings is 1. The van der Waals surface area contributed by atoms with Crippen LogP contribution in [0.5, 0.6) is 0 Å². The summed E-state index contributed by atoms with van der Waals surface area (Å²) in [6.07, 6.45) is 1.36. The van der Waals surface area contributed by atoms with E-state index in [0.717, 1.165) is 24.0 Å². The van der Waals surface area contributed by atoms with Crippen molar-refractivity contribution in [2.45, 2.75) is 13.0 Å². The fourth-order valence-electron chi connectivity index (χ4n) is 1.80. The molecule has 1 N–H and O–H groups in total. The molecule has 0 amide bonds. The monoisotopic (exact) mass is 241 g/mol. The average molecular weight is 242 g/mol. The summed E-state index contributed by atoms with van der Waals surface area (Å²) in [5.74, 6) is 3.51. The zero-order chi connectivity index (χ0) is 10.5. The number of hydrogen-bond donors (Lipinski definition) is 1. The highest BCUT2D eigenvalue weighted by molar-refractivity contribution is 7.99. The van der Waals surface area contributed by atoms with Crippen molar-refractivity contribution in [2.75, 3.05) is 18.1 Å². The van der Waals surface area contributed by atoms with Crippen LogP contribution in [0.2, 0.25) is 5.02 Å². The SMILES string of the molecule is Clc1ccccc1CNCC1CCSC1. The lowest BCUT2D eigenvalue weighted by Crippen LogP contribution is -2.22. The lowest BCUT2D eigenvalue weighted by Gasteiger charge is -2.10. The lowest BCUT2D eigenvalue weighted by atomic mass is 10.1. The van der Waals surface area contributed by atoms with Crippen molar-refractivity contribution >= 4 is 23.4 Å². The van der Waals surface area contributed by atoms with Gasteiger partial charge >= 0.3 is 0 Å². The minimum atomic E-state index is 0.859. The smallest absolute Gasteiger partial charge is 0.0450 e. The van der Waals surface area contributed by atoms with E-state index in [4.69, 9.17) is 11.6 Å². The Bertz CT molecular complexity index is 310. The summed E-state index contributed by atoms with van der Waals surface area (Å²) in [4.78, 5) is 0. The van der Waals surface area contributed by atoms with E-state index < -0.39 is 0 Å². The number of halogens is 1. The molecule has 0 bridgehead atoms. The predicted molar refractivity (Wildman–Crippen MR) is 68.6 cm³/mol. The average Bonchev–Trinajstić information content (AvgIpc) is 2.74. The van der Waals surface area contributed by atoms with Gasteiger partial charge in [0.2, 0.25) is 0 Å². The zero-order valence-corrected chi connectivity index (χ0v) is 10.3. The molecule has 0 radical (unpaired) electrons. The second-order valence-electron chi connectivity index (χ2n) is 3.95. The number of nitrogens with one attached hydrogen (secondary N) is 1. The van der Waals surface area contributed by atoms with E-state index in [1.165, 1.54) is 23.5 Å². The molecular formula is C12H16ClNS. The minimum Gasteiger partial charge on any atom is -0.312 e. The maximum absolute atomic E-state index is 6.08. The Balaban J connectivity index is 1.75. The van der Waals surface area contributed by atoms with Crippen LogP contribution in [0.25, 0.3) is 0 Å². The van der Waals surface area contributed by atoms with Gasteiger partial charge in [-0.1, -0.05) is 29.8 Å². The van der Waals surface area contributed by atoms with Crippen molar-refractivity contribution in [3.63, 3.8) is 0 Å². The highest BCUT2D eigenvalue weighted by Crippen LogP contribution is 2.22. The van der Waals surface area contributed by atoms with Crippen LogP contribution in [-0.4, -0.2) is 18.1 Å². The third-order valence-corrected chi connectivity index (χ3v) is 4.33. The summed E-state index contributed by atoms with van der Waals surface area (Å²) >= 11 is 8.14. The van der Waals surface area contributed by atoms with Crippen molar-refractivity contribution in [1.82, 2.24) is 5.32 Å². The Kier molecular flexibility index (Phi) is 4.36. The molecular weight excluding hydrogens is 226 g/mol. The highest BCUT2D eigenvalue weighted by Gasteiger charge is 2.14. The van der Waals surface area contributed by atoms with Crippen molar-refractivity contribution in [2.24, 2.45) is 5.92 Å². The molecule has 1 atom stereocenters. The van der Waals surface area contributed by atoms with Crippen LogP contribution in [0.15, 0.2) is 24.3 Å². The quantitative estimate of drug-likeness (QED) is 0.869. The Morgan fingerprint density at radius 1 is 1.40 bits per heavy atom. The molecule has 0 spiro atoms. The largest absolute Gasteiger partial charge is 0.312 e. The van der Waals surface area contributed by atoms with Gasteiger partial charge in [0.05, 0.1) is 0 Å². The molecule has 0 saturated carbocycles. The predicted octanol–water partition coefficient (Wildman–Crippen LogP) is 3.18. The van der Waals surface area contributed by atoms with Gasteiger partial charge in [0.15, 0.2) is 0 Å². The van der Waals surface area contributed by atoms with E-state index in [2.05, 4.69) is 23.1 Å². The summed E-state index contributed by atoms with van der Waals surface area (Å²) in [5, 5.41) is 4.35. The molecule has 15 heavy (non-hydrogen) atoms. The van der Waals surface area contributed by atoms with E-state index in [-0.39, 0.29) is 0 Å². The Labute approximate surface area is 101 Å². The van der Waals surface area contributed by atoms with Gasteiger partial charge in [0.25, 0.3) is 0 Å². The summed E-state index contributed by atoms with van der Waals surface area (Å²) in [6, 6.07) is 8.04. The van der Waals surface area contributed by atoms with E-state index in [0.29, 0.717) is 0 Å². The third kappa shape index (κ3) is 3.40. The fraction of sp³-hybridized carbons (Fsp3) is 0.500. The van der Waals surface area contributed by atoms with Crippen LogP contribution < -0.4 is 5.32 Å². The Morgan fingerprint density at radius 3 is 3.00 bits per heavy atom. The molecule has 0 aromatic heterocycles. The van der Waals surface area contributed by atoms with Crippen LogP contribution in [0.3, 0.4) is 0 Å². The summed E-state index contributed by atoms with van der Waals surface area (Å²) in [6.45, 7) is 2.01. The first kappa shape index (κ1) is 11.3. The molecule has 1 aliphatic rings. The molecule has 1 saturated heterocycles. The van der Waals surface area contributed by atoms with Crippen molar-refractivity contribution in [1.29, 1.82) is 0 Å². The lowest BCUT2D eigenvalue weighted by molar-refractivity contribution is 0.523. The molecule has 82 valence electrons. The van der Waals surface area contributed by atoms with Gasteiger partial charge in [-0.25, -0.2) is 0 Å². The molecule has 1 nitrogen and oxygen atoms in total. The van der Waals surface area contributed by atoms with Crippen molar-refractivity contribution < 1.29 is 0 Å². The zero-order valence-electron chi connectivity index (χ0n) is 8.71. The first-order valence-corrected chi connectivity index (χ1v) is 6.91. The second-order valence-corrected chi connectivity index (χ2v) is 5.51. The standard InChI is InChI=1S/C12H16ClNS/c13-12-4-2-1-3-11(12)8-14-7-10-5-6-15-9-10/h1-4,10,14H,5-9H2. The molecule has 1 aliphatic heterocycles. The van der Waals surface area contributed by atoms with Gasteiger partial charge < -0.3 is 5.32 Å². The van der Waals surface area contributed by atoms with E-state index in [9.17, 15) is 0 Å². The molecule has 3 heteroatoms. The van der Waals surface area contributed by atoms with Gasteiger partial charge in [-0.3, -0.25) is 0 Å². The fourth-order valence-corrected chi connectivity index (χ4v) is 3.28. The van der Waals surface area contributed by atoms with Gasteiger partial charge in [-0.2, -0.15) is 11.8 Å².